The molecule has 0 unspecified atom stereocenters. The first-order valence-corrected chi connectivity index (χ1v) is 10.9. The lowest BCUT2D eigenvalue weighted by Gasteiger charge is -2.47. The lowest BCUT2D eigenvalue weighted by Crippen LogP contribution is -2.63. The third-order valence-electron chi connectivity index (χ3n) is 6.91. The molecule has 3 aliphatic rings. The zero-order valence-corrected chi connectivity index (χ0v) is 17.1. The quantitative estimate of drug-likeness (QED) is 0.732. The molecule has 1 saturated heterocycles. The molecular formula is C25H25N3O2. The van der Waals surface area contributed by atoms with Gasteiger partial charge in [-0.2, -0.15) is 0 Å². The fourth-order valence-electron chi connectivity index (χ4n) is 5.19. The van der Waals surface area contributed by atoms with E-state index in [9.17, 15) is 9.59 Å². The van der Waals surface area contributed by atoms with E-state index in [1.54, 1.807) is 0 Å². The SMILES string of the molecule is Cc1ccc([C@H]2c3[nH]c4ccccc4c3C[C@H]3C(=O)N(CC4CC4)CC(=O)N23)cc1. The van der Waals surface area contributed by atoms with Gasteiger partial charge in [-0.15, -0.1) is 0 Å². The van der Waals surface area contributed by atoms with Crippen LogP contribution in [0, 0.1) is 12.8 Å². The van der Waals surface area contributed by atoms with E-state index in [2.05, 4.69) is 48.3 Å². The maximum absolute atomic E-state index is 13.5. The van der Waals surface area contributed by atoms with Crippen molar-refractivity contribution < 1.29 is 9.59 Å². The van der Waals surface area contributed by atoms with Gasteiger partial charge in [0.1, 0.15) is 6.04 Å². The molecule has 3 aromatic rings. The molecule has 1 saturated carbocycles. The van der Waals surface area contributed by atoms with Crippen LogP contribution in [0.1, 0.15) is 41.3 Å². The molecule has 1 N–H and O–H groups in total. The van der Waals surface area contributed by atoms with Gasteiger partial charge in [0.25, 0.3) is 0 Å². The molecule has 0 radical (unpaired) electrons. The molecule has 5 nitrogen and oxygen atoms in total. The number of fused-ring (bicyclic) bond motifs is 4. The Hall–Kier alpha value is -3.08. The summed E-state index contributed by atoms with van der Waals surface area (Å²) in [6, 6.07) is 15.9. The molecule has 1 aromatic heterocycles. The molecule has 2 atom stereocenters. The van der Waals surface area contributed by atoms with Crippen molar-refractivity contribution in [1.29, 1.82) is 0 Å². The van der Waals surface area contributed by atoms with E-state index in [4.69, 9.17) is 0 Å². The number of piperazine rings is 1. The minimum atomic E-state index is -0.428. The van der Waals surface area contributed by atoms with Crippen molar-refractivity contribution in [3.05, 3.63) is 70.9 Å². The molecule has 2 fully saturated rings. The van der Waals surface area contributed by atoms with Crippen LogP contribution in [0.2, 0.25) is 0 Å². The highest BCUT2D eigenvalue weighted by molar-refractivity contribution is 5.97. The molecule has 2 aliphatic heterocycles. The van der Waals surface area contributed by atoms with Gasteiger partial charge in [-0.1, -0.05) is 48.0 Å². The number of H-pyrrole nitrogens is 1. The van der Waals surface area contributed by atoms with Crippen molar-refractivity contribution in [3.63, 3.8) is 0 Å². The van der Waals surface area contributed by atoms with Gasteiger partial charge in [-0.3, -0.25) is 9.59 Å². The van der Waals surface area contributed by atoms with E-state index in [0.29, 0.717) is 12.3 Å². The fourth-order valence-corrected chi connectivity index (χ4v) is 5.19. The lowest BCUT2D eigenvalue weighted by molar-refractivity contribution is -0.158. The molecule has 30 heavy (non-hydrogen) atoms. The number of rotatable bonds is 3. The molecule has 5 heteroatoms. The third kappa shape index (κ3) is 2.68. The van der Waals surface area contributed by atoms with Crippen molar-refractivity contribution in [2.75, 3.05) is 13.1 Å². The maximum Gasteiger partial charge on any atom is 0.246 e. The van der Waals surface area contributed by atoms with Gasteiger partial charge in [0, 0.05) is 29.6 Å². The summed E-state index contributed by atoms with van der Waals surface area (Å²) in [6.07, 6.45) is 2.92. The molecule has 2 aromatic carbocycles. The Labute approximate surface area is 175 Å². The van der Waals surface area contributed by atoms with Gasteiger partial charge in [-0.25, -0.2) is 0 Å². The van der Waals surface area contributed by atoms with Crippen molar-refractivity contribution in [1.82, 2.24) is 14.8 Å². The summed E-state index contributed by atoms with van der Waals surface area (Å²) in [5, 5.41) is 1.16. The topological polar surface area (TPSA) is 56.4 Å². The van der Waals surface area contributed by atoms with Crippen molar-refractivity contribution in [3.8, 4) is 0 Å². The Morgan fingerprint density at radius 3 is 2.57 bits per heavy atom. The number of aryl methyl sites for hydroxylation is 1. The van der Waals surface area contributed by atoms with Gasteiger partial charge < -0.3 is 14.8 Å². The number of aromatic amines is 1. The Morgan fingerprint density at radius 2 is 1.80 bits per heavy atom. The van der Waals surface area contributed by atoms with Crippen LogP contribution in [0.3, 0.4) is 0 Å². The molecule has 2 amide bonds. The van der Waals surface area contributed by atoms with Crippen LogP contribution in [-0.2, 0) is 16.0 Å². The van der Waals surface area contributed by atoms with Gasteiger partial charge >= 0.3 is 0 Å². The predicted octanol–water partition coefficient (Wildman–Crippen LogP) is 3.57. The van der Waals surface area contributed by atoms with Gasteiger partial charge in [0.15, 0.2) is 0 Å². The van der Waals surface area contributed by atoms with Crippen LogP contribution in [0.4, 0.5) is 0 Å². The van der Waals surface area contributed by atoms with Crippen molar-refractivity contribution in [2.24, 2.45) is 5.92 Å². The van der Waals surface area contributed by atoms with E-state index in [1.807, 2.05) is 21.9 Å². The summed E-state index contributed by atoms with van der Waals surface area (Å²) in [5.41, 5.74) is 5.52. The molecule has 0 bridgehead atoms. The number of para-hydroxylation sites is 1. The highest BCUT2D eigenvalue weighted by Gasteiger charge is 2.48. The normalized spacial score (nSPS) is 23.6. The Bertz CT molecular complexity index is 1160. The number of nitrogens with zero attached hydrogens (tertiary/aromatic N) is 2. The zero-order chi connectivity index (χ0) is 20.4. The summed E-state index contributed by atoms with van der Waals surface area (Å²) in [6.45, 7) is 2.99. The number of nitrogens with one attached hydrogen (secondary N) is 1. The summed E-state index contributed by atoms with van der Waals surface area (Å²) in [7, 11) is 0. The average molecular weight is 399 g/mol. The summed E-state index contributed by atoms with van der Waals surface area (Å²) in [4.78, 5) is 34.1. The summed E-state index contributed by atoms with van der Waals surface area (Å²) < 4.78 is 0. The average Bonchev–Trinajstić information content (AvgIpc) is 3.49. The highest BCUT2D eigenvalue weighted by atomic mass is 16.2. The number of aromatic nitrogens is 1. The van der Waals surface area contributed by atoms with Gasteiger partial charge in [0.2, 0.25) is 11.8 Å². The molecule has 3 heterocycles. The monoisotopic (exact) mass is 399 g/mol. The number of benzene rings is 2. The second kappa shape index (κ2) is 6.46. The van der Waals surface area contributed by atoms with Crippen LogP contribution < -0.4 is 0 Å². The Balaban J connectivity index is 1.51. The molecule has 6 rings (SSSR count). The number of carbonyl (C=O) groups is 2. The molecule has 1 aliphatic carbocycles. The second-order valence-corrected chi connectivity index (χ2v) is 9.06. The Kier molecular flexibility index (Phi) is 3.82. The summed E-state index contributed by atoms with van der Waals surface area (Å²) in [5.74, 6) is 0.734. The van der Waals surface area contributed by atoms with Crippen LogP contribution in [0.5, 0.6) is 0 Å². The van der Waals surface area contributed by atoms with Gasteiger partial charge in [-0.05, 0) is 42.9 Å². The second-order valence-electron chi connectivity index (χ2n) is 9.06. The minimum absolute atomic E-state index is 0.0510. The fraction of sp³-hybridized carbons (Fsp3) is 0.360. The predicted molar refractivity (Wildman–Crippen MR) is 115 cm³/mol. The van der Waals surface area contributed by atoms with E-state index in [1.165, 1.54) is 24.0 Å². The number of hydrogen-bond acceptors (Lipinski definition) is 2. The number of hydrogen-bond donors (Lipinski definition) is 1. The Morgan fingerprint density at radius 1 is 1.03 bits per heavy atom. The highest BCUT2D eigenvalue weighted by Crippen LogP contribution is 2.43. The van der Waals surface area contributed by atoms with Crippen LogP contribution in [-0.4, -0.2) is 45.7 Å². The largest absolute Gasteiger partial charge is 0.356 e. The first-order chi connectivity index (χ1) is 14.6. The maximum atomic E-state index is 13.5. The zero-order valence-electron chi connectivity index (χ0n) is 17.1. The van der Waals surface area contributed by atoms with Gasteiger partial charge in [0.05, 0.1) is 12.6 Å². The first kappa shape index (κ1) is 17.8. The van der Waals surface area contributed by atoms with E-state index in [0.717, 1.165) is 28.7 Å². The first-order valence-electron chi connectivity index (χ1n) is 10.9. The summed E-state index contributed by atoms with van der Waals surface area (Å²) >= 11 is 0. The number of carbonyl (C=O) groups excluding carboxylic acids is 2. The van der Waals surface area contributed by atoms with Crippen LogP contribution in [0.25, 0.3) is 10.9 Å². The lowest BCUT2D eigenvalue weighted by atomic mass is 9.86. The standard InChI is InChI=1S/C25H25N3O2/c1-15-6-10-17(11-7-15)24-23-19(18-4-2-3-5-20(18)26-23)12-21-25(30)27(13-16-8-9-16)14-22(29)28(21)24/h2-7,10-11,16,21,24,26H,8-9,12-14H2,1H3/t21-,24-/m0/s1. The van der Waals surface area contributed by atoms with E-state index >= 15 is 0 Å². The molecule has 152 valence electrons. The van der Waals surface area contributed by atoms with Crippen LogP contribution in [0.15, 0.2) is 48.5 Å². The minimum Gasteiger partial charge on any atom is -0.356 e. The van der Waals surface area contributed by atoms with Crippen molar-refractivity contribution in [2.45, 2.75) is 38.3 Å². The number of amides is 2. The van der Waals surface area contributed by atoms with Crippen molar-refractivity contribution >= 4 is 22.7 Å². The smallest absolute Gasteiger partial charge is 0.246 e. The molecule has 0 spiro atoms. The van der Waals surface area contributed by atoms with E-state index < -0.39 is 6.04 Å². The third-order valence-corrected chi connectivity index (χ3v) is 6.91. The van der Waals surface area contributed by atoms with E-state index in [-0.39, 0.29) is 24.4 Å². The molecular weight excluding hydrogens is 374 g/mol. The van der Waals surface area contributed by atoms with Crippen LogP contribution >= 0.6 is 0 Å².